The van der Waals surface area contributed by atoms with Crippen molar-refractivity contribution in [3.05, 3.63) is 64.7 Å². The molecule has 0 aliphatic carbocycles. The third kappa shape index (κ3) is 4.16. The highest BCUT2D eigenvalue weighted by molar-refractivity contribution is 5.99. The summed E-state index contributed by atoms with van der Waals surface area (Å²) in [5.41, 5.74) is 2.49. The summed E-state index contributed by atoms with van der Waals surface area (Å²) < 4.78 is 26.4. The van der Waals surface area contributed by atoms with Crippen LogP contribution in [0.4, 0.5) is 14.5 Å². The van der Waals surface area contributed by atoms with Crippen molar-refractivity contribution in [2.45, 2.75) is 13.8 Å². The van der Waals surface area contributed by atoms with Crippen molar-refractivity contribution in [2.75, 3.05) is 18.9 Å². The first-order valence-electron chi connectivity index (χ1n) is 7.35. The van der Waals surface area contributed by atoms with Crippen molar-refractivity contribution in [1.82, 2.24) is 4.90 Å². The van der Waals surface area contributed by atoms with Gasteiger partial charge in [0, 0.05) is 24.4 Å². The number of carbonyl (C=O) groups excluding carboxylic acids is 2. The van der Waals surface area contributed by atoms with E-state index in [9.17, 15) is 18.4 Å². The van der Waals surface area contributed by atoms with Crippen molar-refractivity contribution in [2.24, 2.45) is 0 Å². The molecule has 0 aliphatic heterocycles. The second-order valence-electron chi connectivity index (χ2n) is 5.61. The largest absolute Gasteiger partial charge is 0.332 e. The molecule has 0 fully saturated rings. The molecule has 2 amide bonds. The number of hydrogen-bond acceptors (Lipinski definition) is 2. The van der Waals surface area contributed by atoms with Crippen LogP contribution in [0, 0.1) is 25.5 Å². The lowest BCUT2D eigenvalue weighted by atomic mass is 10.1. The zero-order valence-electron chi connectivity index (χ0n) is 13.7. The van der Waals surface area contributed by atoms with Crippen LogP contribution < -0.4 is 5.32 Å². The van der Waals surface area contributed by atoms with Crippen LogP contribution in [0.5, 0.6) is 0 Å². The molecule has 0 atom stereocenters. The summed E-state index contributed by atoms with van der Waals surface area (Å²) in [6.07, 6.45) is 0. The summed E-state index contributed by atoms with van der Waals surface area (Å²) in [4.78, 5) is 25.4. The Morgan fingerprint density at radius 2 is 1.71 bits per heavy atom. The highest BCUT2D eigenvalue weighted by Gasteiger charge is 2.17. The predicted molar refractivity (Wildman–Crippen MR) is 87.9 cm³/mol. The van der Waals surface area contributed by atoms with Gasteiger partial charge in [0.15, 0.2) is 0 Å². The van der Waals surface area contributed by atoms with E-state index in [0.717, 1.165) is 28.2 Å². The molecule has 0 saturated heterocycles. The van der Waals surface area contributed by atoms with Crippen LogP contribution >= 0.6 is 0 Å². The third-order valence-electron chi connectivity index (χ3n) is 3.72. The van der Waals surface area contributed by atoms with E-state index in [0.29, 0.717) is 11.8 Å². The Morgan fingerprint density at radius 1 is 1.08 bits per heavy atom. The average molecular weight is 332 g/mol. The van der Waals surface area contributed by atoms with Gasteiger partial charge in [0.25, 0.3) is 5.91 Å². The number of halogens is 2. The maximum absolute atomic E-state index is 13.2. The molecule has 2 rings (SSSR count). The minimum atomic E-state index is -0.841. The van der Waals surface area contributed by atoms with Gasteiger partial charge < -0.3 is 10.2 Å². The molecule has 126 valence electrons. The van der Waals surface area contributed by atoms with Crippen LogP contribution in [0.15, 0.2) is 36.4 Å². The molecule has 6 heteroatoms. The number of likely N-dealkylation sites (N-methyl/N-ethyl adjacent to an activating group) is 1. The smallest absolute Gasteiger partial charge is 0.254 e. The van der Waals surface area contributed by atoms with Crippen molar-refractivity contribution in [3.63, 3.8) is 0 Å². The minimum absolute atomic E-state index is 0.144. The molecule has 4 nitrogen and oxygen atoms in total. The average Bonchev–Trinajstić information content (AvgIpc) is 2.50. The van der Waals surface area contributed by atoms with Crippen LogP contribution in [0.1, 0.15) is 21.5 Å². The number of hydrogen-bond donors (Lipinski definition) is 1. The van der Waals surface area contributed by atoms with E-state index >= 15 is 0 Å². The van der Waals surface area contributed by atoms with Gasteiger partial charge in [0.05, 0.1) is 6.54 Å². The number of nitrogens with zero attached hydrogens (tertiary/aromatic N) is 1. The number of rotatable bonds is 4. The van der Waals surface area contributed by atoms with Crippen molar-refractivity contribution in [1.29, 1.82) is 0 Å². The lowest BCUT2D eigenvalue weighted by Gasteiger charge is -2.18. The molecule has 0 aliphatic rings. The SMILES string of the molecule is Cc1cccc(NC(=O)CN(C)C(=O)c2cc(F)cc(F)c2)c1C. The summed E-state index contributed by atoms with van der Waals surface area (Å²) in [6.45, 7) is 3.58. The topological polar surface area (TPSA) is 49.4 Å². The van der Waals surface area contributed by atoms with Gasteiger partial charge in [-0.3, -0.25) is 9.59 Å². The van der Waals surface area contributed by atoms with Crippen molar-refractivity contribution >= 4 is 17.5 Å². The van der Waals surface area contributed by atoms with Gasteiger partial charge in [-0.15, -0.1) is 0 Å². The Bertz CT molecular complexity index is 770. The molecule has 0 spiro atoms. The normalized spacial score (nSPS) is 10.4. The summed E-state index contributed by atoms with van der Waals surface area (Å²) >= 11 is 0. The van der Waals surface area contributed by atoms with E-state index in [2.05, 4.69) is 5.32 Å². The van der Waals surface area contributed by atoms with Crippen LogP contribution in [0.25, 0.3) is 0 Å². The standard InChI is InChI=1S/C18H18F2N2O2/c1-11-5-4-6-16(12(11)2)21-17(23)10-22(3)18(24)13-7-14(19)9-15(20)8-13/h4-9H,10H2,1-3H3,(H,21,23). The van der Waals surface area contributed by atoms with E-state index in [1.807, 2.05) is 26.0 Å². The summed E-state index contributed by atoms with van der Waals surface area (Å²) in [6, 6.07) is 8.07. The predicted octanol–water partition coefficient (Wildman–Crippen LogP) is 3.29. The van der Waals surface area contributed by atoms with Gasteiger partial charge in [-0.05, 0) is 43.2 Å². The molecule has 2 aromatic carbocycles. The molecule has 0 heterocycles. The zero-order valence-corrected chi connectivity index (χ0v) is 13.7. The van der Waals surface area contributed by atoms with Gasteiger partial charge in [0.1, 0.15) is 11.6 Å². The number of carbonyl (C=O) groups is 2. The van der Waals surface area contributed by atoms with E-state index in [4.69, 9.17) is 0 Å². The molecule has 1 N–H and O–H groups in total. The fraction of sp³-hybridized carbons (Fsp3) is 0.222. The van der Waals surface area contributed by atoms with E-state index in [1.165, 1.54) is 7.05 Å². The lowest BCUT2D eigenvalue weighted by Crippen LogP contribution is -2.35. The Hall–Kier alpha value is -2.76. The van der Waals surface area contributed by atoms with Gasteiger partial charge in [-0.25, -0.2) is 8.78 Å². The number of aryl methyl sites for hydroxylation is 1. The molecular weight excluding hydrogens is 314 g/mol. The molecular formula is C18H18F2N2O2. The van der Waals surface area contributed by atoms with Gasteiger partial charge >= 0.3 is 0 Å². The zero-order chi connectivity index (χ0) is 17.9. The number of anilines is 1. The summed E-state index contributed by atoms with van der Waals surface area (Å²) in [5, 5.41) is 2.73. The second-order valence-corrected chi connectivity index (χ2v) is 5.61. The first-order valence-corrected chi connectivity index (χ1v) is 7.35. The monoisotopic (exact) mass is 332 g/mol. The highest BCUT2D eigenvalue weighted by Crippen LogP contribution is 2.18. The maximum Gasteiger partial charge on any atom is 0.254 e. The van der Waals surface area contributed by atoms with Crippen molar-refractivity contribution < 1.29 is 18.4 Å². The molecule has 2 aromatic rings. The van der Waals surface area contributed by atoms with Crippen LogP contribution in [0.3, 0.4) is 0 Å². The Balaban J connectivity index is 2.05. The molecule has 0 saturated carbocycles. The van der Waals surface area contributed by atoms with E-state index < -0.39 is 23.4 Å². The molecule has 0 unspecified atom stereocenters. The number of benzene rings is 2. The van der Waals surface area contributed by atoms with Crippen molar-refractivity contribution in [3.8, 4) is 0 Å². The fourth-order valence-corrected chi connectivity index (χ4v) is 2.26. The maximum atomic E-state index is 13.2. The van der Waals surface area contributed by atoms with E-state index in [-0.39, 0.29) is 12.1 Å². The number of nitrogens with one attached hydrogen (secondary N) is 1. The molecule has 0 aromatic heterocycles. The Kier molecular flexibility index (Phi) is 5.28. The quantitative estimate of drug-likeness (QED) is 0.934. The van der Waals surface area contributed by atoms with E-state index in [1.54, 1.807) is 6.07 Å². The lowest BCUT2D eigenvalue weighted by molar-refractivity contribution is -0.116. The summed E-state index contributed by atoms with van der Waals surface area (Å²) in [5.74, 6) is -2.71. The Morgan fingerprint density at radius 3 is 2.33 bits per heavy atom. The third-order valence-corrected chi connectivity index (χ3v) is 3.72. The first kappa shape index (κ1) is 17.6. The molecule has 0 bridgehead atoms. The van der Waals surface area contributed by atoms with Crippen LogP contribution in [-0.4, -0.2) is 30.3 Å². The highest BCUT2D eigenvalue weighted by atomic mass is 19.1. The van der Waals surface area contributed by atoms with Crippen LogP contribution in [0.2, 0.25) is 0 Å². The minimum Gasteiger partial charge on any atom is -0.332 e. The number of amides is 2. The van der Waals surface area contributed by atoms with Gasteiger partial charge in [-0.2, -0.15) is 0 Å². The second kappa shape index (κ2) is 7.21. The fourth-order valence-electron chi connectivity index (χ4n) is 2.26. The molecule has 0 radical (unpaired) electrons. The van der Waals surface area contributed by atoms with Gasteiger partial charge in [-0.1, -0.05) is 12.1 Å². The van der Waals surface area contributed by atoms with Gasteiger partial charge in [0.2, 0.25) is 5.91 Å². The summed E-state index contributed by atoms with van der Waals surface area (Å²) in [7, 11) is 1.40. The first-order chi connectivity index (χ1) is 11.3. The Labute approximate surface area is 139 Å². The molecule has 24 heavy (non-hydrogen) atoms. The van der Waals surface area contributed by atoms with Crippen LogP contribution in [-0.2, 0) is 4.79 Å².